The standard InChI is InChI=1S/C15H24F3N5O/c1-3-21-6-8-22(9-7-21)12(2)10-19-14(24)11-23-5-4-13(20-23)15(16,17)18/h4-5,12H,3,6-11H2,1-2H3,(H,19,24)/t12-/m0/s1. The monoisotopic (exact) mass is 347 g/mol. The summed E-state index contributed by atoms with van der Waals surface area (Å²) in [7, 11) is 0. The molecule has 6 nitrogen and oxygen atoms in total. The molecule has 0 aromatic carbocycles. The lowest BCUT2D eigenvalue weighted by molar-refractivity contribution is -0.141. The van der Waals surface area contributed by atoms with Crippen LogP contribution in [0.4, 0.5) is 13.2 Å². The van der Waals surface area contributed by atoms with E-state index in [2.05, 4.69) is 27.1 Å². The fourth-order valence-corrected chi connectivity index (χ4v) is 2.71. The van der Waals surface area contributed by atoms with E-state index in [1.807, 2.05) is 6.92 Å². The number of aromatic nitrogens is 2. The second-order valence-corrected chi connectivity index (χ2v) is 6.02. The predicted octanol–water partition coefficient (Wildman–Crippen LogP) is 1.04. The highest BCUT2D eigenvalue weighted by Gasteiger charge is 2.33. The summed E-state index contributed by atoms with van der Waals surface area (Å²) in [5.41, 5.74) is -0.988. The van der Waals surface area contributed by atoms with Crippen LogP contribution in [0.2, 0.25) is 0 Å². The Morgan fingerprint density at radius 2 is 2.00 bits per heavy atom. The Kier molecular flexibility index (Phi) is 6.22. The van der Waals surface area contributed by atoms with Gasteiger partial charge in [0.05, 0.1) is 0 Å². The van der Waals surface area contributed by atoms with E-state index >= 15 is 0 Å². The van der Waals surface area contributed by atoms with Gasteiger partial charge in [-0.1, -0.05) is 6.92 Å². The number of amides is 1. The highest BCUT2D eigenvalue weighted by molar-refractivity contribution is 5.75. The van der Waals surface area contributed by atoms with E-state index in [1.54, 1.807) is 0 Å². The first-order chi connectivity index (χ1) is 11.3. The quantitative estimate of drug-likeness (QED) is 0.836. The average Bonchev–Trinajstić information content (AvgIpc) is 3.01. The fourth-order valence-electron chi connectivity index (χ4n) is 2.71. The van der Waals surface area contributed by atoms with Crippen molar-refractivity contribution in [3.8, 4) is 0 Å². The van der Waals surface area contributed by atoms with E-state index in [1.165, 1.54) is 0 Å². The van der Waals surface area contributed by atoms with Gasteiger partial charge in [0.2, 0.25) is 5.91 Å². The molecule has 1 atom stereocenters. The summed E-state index contributed by atoms with van der Waals surface area (Å²) in [5.74, 6) is -0.342. The number of halogens is 3. The number of alkyl halides is 3. The Morgan fingerprint density at radius 3 is 2.54 bits per heavy atom. The number of likely N-dealkylation sites (N-methyl/N-ethyl adjacent to an activating group) is 1. The molecule has 0 unspecified atom stereocenters. The zero-order valence-corrected chi connectivity index (χ0v) is 14.0. The molecule has 1 aromatic heterocycles. The van der Waals surface area contributed by atoms with Crippen molar-refractivity contribution < 1.29 is 18.0 Å². The lowest BCUT2D eigenvalue weighted by Gasteiger charge is -2.37. The summed E-state index contributed by atoms with van der Waals surface area (Å²) in [4.78, 5) is 16.6. The Morgan fingerprint density at radius 1 is 1.33 bits per heavy atom. The third-order valence-electron chi connectivity index (χ3n) is 4.31. The Hall–Kier alpha value is -1.61. The maximum atomic E-state index is 12.5. The molecule has 1 amide bonds. The van der Waals surface area contributed by atoms with Crippen LogP contribution in [-0.2, 0) is 17.5 Å². The number of rotatable bonds is 6. The van der Waals surface area contributed by atoms with Crippen molar-refractivity contribution in [2.45, 2.75) is 32.6 Å². The molecule has 0 radical (unpaired) electrons. The van der Waals surface area contributed by atoms with Gasteiger partial charge in [0, 0.05) is 45.0 Å². The molecule has 0 saturated carbocycles. The molecule has 1 fully saturated rings. The molecule has 2 rings (SSSR count). The Labute approximate surface area is 139 Å². The number of piperazine rings is 1. The topological polar surface area (TPSA) is 53.4 Å². The largest absolute Gasteiger partial charge is 0.435 e. The van der Waals surface area contributed by atoms with Crippen LogP contribution in [0.25, 0.3) is 0 Å². The summed E-state index contributed by atoms with van der Waals surface area (Å²) in [6.07, 6.45) is -3.33. The van der Waals surface area contributed by atoms with E-state index in [-0.39, 0.29) is 18.5 Å². The Balaban J connectivity index is 1.74. The van der Waals surface area contributed by atoms with Crippen LogP contribution in [0.15, 0.2) is 12.3 Å². The molecule has 2 heterocycles. The smallest absolute Gasteiger partial charge is 0.353 e. The van der Waals surface area contributed by atoms with Gasteiger partial charge in [-0.15, -0.1) is 0 Å². The lowest BCUT2D eigenvalue weighted by Crippen LogP contribution is -2.52. The molecule has 1 aliphatic rings. The average molecular weight is 347 g/mol. The first kappa shape index (κ1) is 18.7. The molecule has 24 heavy (non-hydrogen) atoms. The molecule has 136 valence electrons. The Bertz CT molecular complexity index is 537. The summed E-state index contributed by atoms with van der Waals surface area (Å²) in [5, 5.41) is 6.14. The number of nitrogens with one attached hydrogen (secondary N) is 1. The van der Waals surface area contributed by atoms with Crippen LogP contribution < -0.4 is 5.32 Å². The van der Waals surface area contributed by atoms with Crippen molar-refractivity contribution in [2.75, 3.05) is 39.3 Å². The van der Waals surface area contributed by atoms with E-state index < -0.39 is 11.9 Å². The predicted molar refractivity (Wildman–Crippen MR) is 83.4 cm³/mol. The minimum Gasteiger partial charge on any atom is -0.353 e. The van der Waals surface area contributed by atoms with Crippen LogP contribution in [0, 0.1) is 0 Å². The minimum atomic E-state index is -4.49. The normalized spacial score (nSPS) is 18.5. The van der Waals surface area contributed by atoms with Crippen LogP contribution in [-0.4, -0.2) is 70.8 Å². The van der Waals surface area contributed by atoms with E-state index in [9.17, 15) is 18.0 Å². The summed E-state index contributed by atoms with van der Waals surface area (Å²) in [6, 6.07) is 1.06. The molecule has 0 aliphatic carbocycles. The van der Waals surface area contributed by atoms with Gasteiger partial charge in [0.15, 0.2) is 5.69 Å². The van der Waals surface area contributed by atoms with Gasteiger partial charge >= 0.3 is 6.18 Å². The highest BCUT2D eigenvalue weighted by Crippen LogP contribution is 2.27. The number of hydrogen-bond donors (Lipinski definition) is 1. The second-order valence-electron chi connectivity index (χ2n) is 6.02. The molecule has 0 spiro atoms. The third kappa shape index (κ3) is 5.20. The maximum absolute atomic E-state index is 12.5. The van der Waals surface area contributed by atoms with Crippen molar-refractivity contribution in [1.82, 2.24) is 24.9 Å². The van der Waals surface area contributed by atoms with Gasteiger partial charge in [-0.3, -0.25) is 14.4 Å². The van der Waals surface area contributed by atoms with Crippen molar-refractivity contribution >= 4 is 5.91 Å². The lowest BCUT2D eigenvalue weighted by atomic mass is 10.2. The maximum Gasteiger partial charge on any atom is 0.435 e. The zero-order chi connectivity index (χ0) is 17.7. The van der Waals surface area contributed by atoms with Gasteiger partial charge in [-0.05, 0) is 19.5 Å². The number of carbonyl (C=O) groups is 1. The molecular formula is C15H24F3N5O. The van der Waals surface area contributed by atoms with E-state index in [4.69, 9.17) is 0 Å². The third-order valence-corrected chi connectivity index (χ3v) is 4.31. The van der Waals surface area contributed by atoms with Crippen LogP contribution in [0.3, 0.4) is 0 Å². The van der Waals surface area contributed by atoms with E-state index in [0.29, 0.717) is 6.54 Å². The number of hydrogen-bond acceptors (Lipinski definition) is 4. The van der Waals surface area contributed by atoms with Gasteiger partial charge < -0.3 is 10.2 Å². The molecule has 1 N–H and O–H groups in total. The molecule has 1 aliphatic heterocycles. The fraction of sp³-hybridized carbons (Fsp3) is 0.733. The molecule has 9 heteroatoms. The number of carbonyl (C=O) groups excluding carboxylic acids is 1. The molecular weight excluding hydrogens is 323 g/mol. The van der Waals surface area contributed by atoms with Gasteiger partial charge in [-0.2, -0.15) is 18.3 Å². The first-order valence-electron chi connectivity index (χ1n) is 8.13. The first-order valence-corrected chi connectivity index (χ1v) is 8.13. The van der Waals surface area contributed by atoms with Crippen LogP contribution in [0.1, 0.15) is 19.5 Å². The minimum absolute atomic E-state index is 0.191. The van der Waals surface area contributed by atoms with Crippen LogP contribution >= 0.6 is 0 Å². The van der Waals surface area contributed by atoms with Gasteiger partial charge in [0.25, 0.3) is 0 Å². The van der Waals surface area contributed by atoms with Gasteiger partial charge in [-0.25, -0.2) is 0 Å². The van der Waals surface area contributed by atoms with Crippen molar-refractivity contribution in [3.05, 3.63) is 18.0 Å². The summed E-state index contributed by atoms with van der Waals surface area (Å²) in [6.45, 7) is 9.42. The van der Waals surface area contributed by atoms with Crippen LogP contribution in [0.5, 0.6) is 0 Å². The van der Waals surface area contributed by atoms with Crippen molar-refractivity contribution in [2.24, 2.45) is 0 Å². The van der Waals surface area contributed by atoms with E-state index in [0.717, 1.165) is 49.7 Å². The molecule has 1 aromatic rings. The van der Waals surface area contributed by atoms with Gasteiger partial charge in [0.1, 0.15) is 6.54 Å². The SMILES string of the molecule is CCN1CCN([C@@H](C)CNC(=O)Cn2ccc(C(F)(F)F)n2)CC1. The molecule has 0 bridgehead atoms. The van der Waals surface area contributed by atoms with Crippen molar-refractivity contribution in [3.63, 3.8) is 0 Å². The second kappa shape index (κ2) is 7.98. The van der Waals surface area contributed by atoms with Crippen molar-refractivity contribution in [1.29, 1.82) is 0 Å². The summed E-state index contributed by atoms with van der Waals surface area (Å²) < 4.78 is 38.4. The summed E-state index contributed by atoms with van der Waals surface area (Å²) >= 11 is 0. The number of nitrogens with zero attached hydrogens (tertiary/aromatic N) is 4. The highest BCUT2D eigenvalue weighted by atomic mass is 19.4. The zero-order valence-electron chi connectivity index (χ0n) is 14.0. The molecule has 1 saturated heterocycles.